The van der Waals surface area contributed by atoms with Gasteiger partial charge >= 0.3 is 5.69 Å². The number of rotatable bonds is 2. The van der Waals surface area contributed by atoms with Crippen LogP contribution in [0.3, 0.4) is 0 Å². The SMILES string of the molecule is O=c1[nH]nc2ccc(Oc3ccccc3I)nn12. The Balaban J connectivity index is 2.03. The minimum Gasteiger partial charge on any atom is -0.436 e. The first-order valence-electron chi connectivity index (χ1n) is 5.11. The van der Waals surface area contributed by atoms with Crippen LogP contribution in [0, 0.1) is 3.57 Å². The number of fused-ring (bicyclic) bond motifs is 1. The van der Waals surface area contributed by atoms with Gasteiger partial charge in [0.05, 0.1) is 3.57 Å². The van der Waals surface area contributed by atoms with Crippen molar-refractivity contribution in [3.8, 4) is 11.6 Å². The van der Waals surface area contributed by atoms with Crippen LogP contribution in [0.1, 0.15) is 0 Å². The van der Waals surface area contributed by atoms with Crippen molar-refractivity contribution in [3.05, 3.63) is 50.5 Å². The summed E-state index contributed by atoms with van der Waals surface area (Å²) in [6, 6.07) is 10.9. The van der Waals surface area contributed by atoms with Gasteiger partial charge in [-0.15, -0.1) is 5.10 Å². The molecule has 18 heavy (non-hydrogen) atoms. The van der Waals surface area contributed by atoms with E-state index in [9.17, 15) is 4.79 Å². The molecule has 90 valence electrons. The maximum atomic E-state index is 11.4. The molecule has 0 spiro atoms. The maximum Gasteiger partial charge on any atom is 0.364 e. The Hall–Kier alpha value is -1.90. The molecule has 0 amide bonds. The van der Waals surface area contributed by atoms with Gasteiger partial charge < -0.3 is 4.74 Å². The summed E-state index contributed by atoms with van der Waals surface area (Å²) in [6.07, 6.45) is 0. The van der Waals surface area contributed by atoms with Gasteiger partial charge in [-0.05, 0) is 40.8 Å². The Kier molecular flexibility index (Phi) is 2.74. The topological polar surface area (TPSA) is 72.3 Å². The first-order chi connectivity index (χ1) is 8.74. The predicted octanol–water partition coefficient (Wildman–Crippen LogP) is 1.81. The van der Waals surface area contributed by atoms with Crippen molar-refractivity contribution in [2.75, 3.05) is 0 Å². The molecule has 0 unspecified atom stereocenters. The molecule has 0 saturated heterocycles. The van der Waals surface area contributed by atoms with Crippen LogP contribution in [0.5, 0.6) is 11.6 Å². The highest BCUT2D eigenvalue weighted by molar-refractivity contribution is 14.1. The van der Waals surface area contributed by atoms with Crippen molar-refractivity contribution in [3.63, 3.8) is 0 Å². The van der Waals surface area contributed by atoms with E-state index in [1.54, 1.807) is 12.1 Å². The number of aromatic nitrogens is 4. The summed E-state index contributed by atoms with van der Waals surface area (Å²) in [5.74, 6) is 1.04. The van der Waals surface area contributed by atoms with Crippen LogP contribution in [0.4, 0.5) is 0 Å². The lowest BCUT2D eigenvalue weighted by Crippen LogP contribution is -2.12. The molecule has 0 saturated carbocycles. The number of halogens is 1. The summed E-state index contributed by atoms with van der Waals surface area (Å²) in [7, 11) is 0. The Bertz CT molecular complexity index is 765. The van der Waals surface area contributed by atoms with Crippen LogP contribution in [-0.4, -0.2) is 19.8 Å². The Morgan fingerprint density at radius 1 is 1.22 bits per heavy atom. The number of nitrogens with one attached hydrogen (secondary N) is 1. The van der Waals surface area contributed by atoms with Gasteiger partial charge in [0, 0.05) is 6.07 Å². The molecular formula is C11H7IN4O2. The molecule has 0 aliphatic carbocycles. The molecule has 3 aromatic rings. The summed E-state index contributed by atoms with van der Waals surface area (Å²) in [4.78, 5) is 11.4. The van der Waals surface area contributed by atoms with Crippen molar-refractivity contribution >= 4 is 28.2 Å². The highest BCUT2D eigenvalue weighted by atomic mass is 127. The molecule has 2 aromatic heterocycles. The molecule has 2 heterocycles. The molecule has 1 aromatic carbocycles. The Morgan fingerprint density at radius 3 is 2.89 bits per heavy atom. The van der Waals surface area contributed by atoms with E-state index in [-0.39, 0.29) is 0 Å². The lowest BCUT2D eigenvalue weighted by Gasteiger charge is -2.05. The second kappa shape index (κ2) is 4.41. The first kappa shape index (κ1) is 11.2. The highest BCUT2D eigenvalue weighted by Gasteiger charge is 2.06. The number of hydrogen-bond acceptors (Lipinski definition) is 4. The van der Waals surface area contributed by atoms with Crippen LogP contribution in [0.25, 0.3) is 5.65 Å². The number of hydrogen-bond donors (Lipinski definition) is 1. The minimum atomic E-state index is -0.391. The Labute approximate surface area is 115 Å². The average molecular weight is 354 g/mol. The van der Waals surface area contributed by atoms with Crippen LogP contribution >= 0.6 is 22.6 Å². The zero-order chi connectivity index (χ0) is 12.5. The van der Waals surface area contributed by atoms with Gasteiger partial charge in [0.25, 0.3) is 0 Å². The molecule has 0 atom stereocenters. The molecule has 0 aliphatic rings. The number of nitrogens with zero attached hydrogens (tertiary/aromatic N) is 3. The fraction of sp³-hybridized carbons (Fsp3) is 0. The number of para-hydroxylation sites is 1. The van der Waals surface area contributed by atoms with E-state index in [4.69, 9.17) is 4.74 Å². The zero-order valence-electron chi connectivity index (χ0n) is 9.00. The molecule has 7 heteroatoms. The van der Waals surface area contributed by atoms with E-state index in [0.29, 0.717) is 17.3 Å². The Morgan fingerprint density at radius 2 is 2.06 bits per heavy atom. The zero-order valence-corrected chi connectivity index (χ0v) is 11.2. The fourth-order valence-electron chi connectivity index (χ4n) is 1.48. The van der Waals surface area contributed by atoms with E-state index >= 15 is 0 Å². The quantitative estimate of drug-likeness (QED) is 0.713. The summed E-state index contributed by atoms with van der Waals surface area (Å²) in [6.45, 7) is 0. The molecule has 6 nitrogen and oxygen atoms in total. The summed E-state index contributed by atoms with van der Waals surface area (Å²) >= 11 is 2.17. The van der Waals surface area contributed by atoms with Crippen LogP contribution < -0.4 is 10.4 Å². The number of benzene rings is 1. The lowest BCUT2D eigenvalue weighted by molar-refractivity contribution is 0.448. The molecule has 0 radical (unpaired) electrons. The average Bonchev–Trinajstić information content (AvgIpc) is 2.74. The molecule has 0 fully saturated rings. The van der Waals surface area contributed by atoms with Gasteiger partial charge in [0.15, 0.2) is 5.65 Å². The summed E-state index contributed by atoms with van der Waals surface area (Å²) in [5.41, 5.74) is 0.0633. The van der Waals surface area contributed by atoms with Gasteiger partial charge in [-0.25, -0.2) is 9.89 Å². The van der Waals surface area contributed by atoms with Crippen LogP contribution in [-0.2, 0) is 0 Å². The van der Waals surface area contributed by atoms with Gasteiger partial charge in [0.2, 0.25) is 5.88 Å². The van der Waals surface area contributed by atoms with Crippen LogP contribution in [0.2, 0.25) is 0 Å². The third-order valence-corrected chi connectivity index (χ3v) is 3.19. The van der Waals surface area contributed by atoms with Crippen molar-refractivity contribution in [2.45, 2.75) is 0 Å². The van der Waals surface area contributed by atoms with Crippen molar-refractivity contribution < 1.29 is 4.74 Å². The smallest absolute Gasteiger partial charge is 0.364 e. The number of H-pyrrole nitrogens is 1. The minimum absolute atomic E-state index is 0.343. The number of ether oxygens (including phenoxy) is 1. The maximum absolute atomic E-state index is 11.4. The molecule has 0 aliphatic heterocycles. The van der Waals surface area contributed by atoms with Crippen molar-refractivity contribution in [2.24, 2.45) is 0 Å². The van der Waals surface area contributed by atoms with E-state index in [2.05, 4.69) is 37.9 Å². The van der Waals surface area contributed by atoms with E-state index in [1.165, 1.54) is 0 Å². The van der Waals surface area contributed by atoms with E-state index in [1.807, 2.05) is 24.3 Å². The summed E-state index contributed by atoms with van der Waals surface area (Å²) in [5, 5.41) is 10.2. The second-order valence-electron chi connectivity index (χ2n) is 3.50. The first-order valence-corrected chi connectivity index (χ1v) is 6.19. The van der Waals surface area contributed by atoms with Gasteiger partial charge in [0.1, 0.15) is 5.75 Å². The van der Waals surface area contributed by atoms with E-state index in [0.717, 1.165) is 8.09 Å². The summed E-state index contributed by atoms with van der Waals surface area (Å²) < 4.78 is 7.75. The molecule has 1 N–H and O–H groups in total. The number of aromatic amines is 1. The third-order valence-electron chi connectivity index (χ3n) is 2.30. The fourth-order valence-corrected chi connectivity index (χ4v) is 1.98. The standard InChI is InChI=1S/C11H7IN4O2/c12-7-3-1-2-4-8(7)18-10-6-5-9-13-14-11(17)16(9)15-10/h1-6H,(H,14,17). The second-order valence-corrected chi connectivity index (χ2v) is 4.67. The molecule has 0 bridgehead atoms. The van der Waals surface area contributed by atoms with Gasteiger partial charge in [-0.1, -0.05) is 12.1 Å². The van der Waals surface area contributed by atoms with E-state index < -0.39 is 5.69 Å². The van der Waals surface area contributed by atoms with Crippen LogP contribution in [0.15, 0.2) is 41.2 Å². The van der Waals surface area contributed by atoms with Crippen molar-refractivity contribution in [1.29, 1.82) is 0 Å². The van der Waals surface area contributed by atoms with Gasteiger partial charge in [-0.3, -0.25) is 0 Å². The van der Waals surface area contributed by atoms with Gasteiger partial charge in [-0.2, -0.15) is 9.61 Å². The normalized spacial score (nSPS) is 10.7. The third kappa shape index (κ3) is 1.96. The molecular weight excluding hydrogens is 347 g/mol. The monoisotopic (exact) mass is 354 g/mol. The predicted molar refractivity (Wildman–Crippen MR) is 72.8 cm³/mol. The largest absolute Gasteiger partial charge is 0.436 e. The molecule has 3 rings (SSSR count). The van der Waals surface area contributed by atoms with Crippen molar-refractivity contribution in [1.82, 2.24) is 19.8 Å². The lowest BCUT2D eigenvalue weighted by atomic mass is 10.3. The highest BCUT2D eigenvalue weighted by Crippen LogP contribution is 2.24.